The normalized spacial score (nSPS) is 21.2. The number of hydrogen-bond donors (Lipinski definition) is 3. The zero-order chi connectivity index (χ0) is 21.5. The molecule has 1 aliphatic carbocycles. The van der Waals surface area contributed by atoms with Gasteiger partial charge in [0.2, 0.25) is 5.91 Å². The summed E-state index contributed by atoms with van der Waals surface area (Å²) in [5, 5.41) is 12.2. The van der Waals surface area contributed by atoms with Crippen LogP contribution in [0.25, 0.3) is 0 Å². The van der Waals surface area contributed by atoms with E-state index in [-0.39, 0.29) is 17.5 Å². The van der Waals surface area contributed by atoms with E-state index in [1.165, 1.54) is 11.0 Å². The number of carbonyl (C=O) groups excluding carboxylic acids is 2. The second kappa shape index (κ2) is 10.5. The highest BCUT2D eigenvalue weighted by molar-refractivity contribution is 7.99. The van der Waals surface area contributed by atoms with E-state index < -0.39 is 11.9 Å². The number of benzene rings is 1. The number of aromatic amines is 1. The summed E-state index contributed by atoms with van der Waals surface area (Å²) < 4.78 is 1.51. The van der Waals surface area contributed by atoms with Crippen LogP contribution in [-0.4, -0.2) is 38.5 Å². The molecule has 1 saturated carbocycles. The molecule has 1 aromatic heterocycles. The van der Waals surface area contributed by atoms with Crippen LogP contribution in [0.5, 0.6) is 0 Å². The molecule has 1 aliphatic rings. The Morgan fingerprint density at radius 2 is 2.00 bits per heavy atom. The first kappa shape index (κ1) is 22.1. The number of carbonyl (C=O) groups is 2. The van der Waals surface area contributed by atoms with Gasteiger partial charge < -0.3 is 5.32 Å². The summed E-state index contributed by atoms with van der Waals surface area (Å²) in [4.78, 5) is 36.4. The van der Waals surface area contributed by atoms with Crippen LogP contribution in [0.3, 0.4) is 0 Å². The predicted octanol–water partition coefficient (Wildman–Crippen LogP) is 2.56. The summed E-state index contributed by atoms with van der Waals surface area (Å²) in [5.41, 5.74) is 0.800. The molecular formula is C21H29N5O3S. The van der Waals surface area contributed by atoms with E-state index >= 15 is 0 Å². The van der Waals surface area contributed by atoms with E-state index in [0.717, 1.165) is 30.2 Å². The summed E-state index contributed by atoms with van der Waals surface area (Å²) in [6.07, 6.45) is 3.87. The van der Waals surface area contributed by atoms with Crippen LogP contribution in [0.2, 0.25) is 0 Å². The minimum absolute atomic E-state index is 0.000324. The van der Waals surface area contributed by atoms with Crippen molar-refractivity contribution in [2.45, 2.75) is 57.3 Å². The van der Waals surface area contributed by atoms with Crippen molar-refractivity contribution >= 4 is 23.7 Å². The number of aryl methyl sites for hydroxylation is 1. The predicted molar refractivity (Wildman–Crippen MR) is 116 cm³/mol. The van der Waals surface area contributed by atoms with E-state index in [1.54, 1.807) is 0 Å². The molecule has 3 rings (SSSR count). The van der Waals surface area contributed by atoms with Gasteiger partial charge in [0.05, 0.1) is 5.75 Å². The number of amides is 3. The molecule has 9 heteroatoms. The lowest BCUT2D eigenvalue weighted by molar-refractivity contribution is -0.117. The van der Waals surface area contributed by atoms with E-state index in [0.29, 0.717) is 30.0 Å². The zero-order valence-corrected chi connectivity index (χ0v) is 18.2. The molecule has 0 radical (unpaired) electrons. The number of imide groups is 1. The van der Waals surface area contributed by atoms with E-state index in [9.17, 15) is 14.4 Å². The van der Waals surface area contributed by atoms with Crippen LogP contribution in [0, 0.1) is 11.8 Å². The van der Waals surface area contributed by atoms with Crippen molar-refractivity contribution in [1.82, 2.24) is 25.4 Å². The number of hydrogen-bond acceptors (Lipinski definition) is 5. The molecule has 8 nitrogen and oxygen atoms in total. The molecule has 0 saturated heterocycles. The molecule has 1 aromatic carbocycles. The third-order valence-electron chi connectivity index (χ3n) is 5.80. The van der Waals surface area contributed by atoms with Crippen molar-refractivity contribution in [3.05, 3.63) is 46.4 Å². The van der Waals surface area contributed by atoms with Crippen molar-refractivity contribution < 1.29 is 9.59 Å². The Bertz CT molecular complexity index is 911. The number of nitrogens with zero attached hydrogens (tertiary/aromatic N) is 2. The van der Waals surface area contributed by atoms with E-state index in [1.807, 2.05) is 30.3 Å². The van der Waals surface area contributed by atoms with Gasteiger partial charge in [-0.05, 0) is 30.2 Å². The Labute approximate surface area is 180 Å². The molecule has 1 fully saturated rings. The Hall–Kier alpha value is -2.55. The first-order valence-electron chi connectivity index (χ1n) is 10.4. The number of aromatic nitrogens is 3. The number of nitrogens with one attached hydrogen (secondary N) is 3. The van der Waals surface area contributed by atoms with Gasteiger partial charge in [-0.1, -0.05) is 68.8 Å². The molecule has 0 bridgehead atoms. The third kappa shape index (κ3) is 5.98. The molecule has 3 amide bonds. The maximum atomic E-state index is 12.2. The molecule has 0 spiro atoms. The van der Waals surface area contributed by atoms with Crippen molar-refractivity contribution in [2.24, 2.45) is 11.8 Å². The maximum Gasteiger partial charge on any atom is 0.343 e. The lowest BCUT2D eigenvalue weighted by Crippen LogP contribution is -2.49. The van der Waals surface area contributed by atoms with Crippen molar-refractivity contribution in [3.63, 3.8) is 0 Å². The number of rotatable bonds is 7. The van der Waals surface area contributed by atoms with Crippen molar-refractivity contribution in [1.29, 1.82) is 0 Å². The van der Waals surface area contributed by atoms with Gasteiger partial charge >= 0.3 is 11.7 Å². The Kier molecular flexibility index (Phi) is 7.73. The first-order valence-corrected chi connectivity index (χ1v) is 11.3. The summed E-state index contributed by atoms with van der Waals surface area (Å²) >= 11 is 1.13. The third-order valence-corrected chi connectivity index (χ3v) is 6.78. The van der Waals surface area contributed by atoms with Crippen LogP contribution >= 0.6 is 11.8 Å². The molecule has 30 heavy (non-hydrogen) atoms. The Morgan fingerprint density at radius 3 is 2.77 bits per heavy atom. The largest absolute Gasteiger partial charge is 0.343 e. The van der Waals surface area contributed by atoms with Gasteiger partial charge in [0, 0.05) is 12.6 Å². The summed E-state index contributed by atoms with van der Waals surface area (Å²) in [5.74, 6) is 0.526. The van der Waals surface area contributed by atoms with Gasteiger partial charge in [0.25, 0.3) is 0 Å². The van der Waals surface area contributed by atoms with Gasteiger partial charge in [-0.2, -0.15) is 0 Å². The van der Waals surface area contributed by atoms with Gasteiger partial charge in [0.1, 0.15) is 0 Å². The fourth-order valence-corrected chi connectivity index (χ4v) is 4.55. The van der Waals surface area contributed by atoms with Crippen molar-refractivity contribution in [2.75, 3.05) is 5.75 Å². The monoisotopic (exact) mass is 431 g/mol. The second-order valence-corrected chi connectivity index (χ2v) is 8.83. The topological polar surface area (TPSA) is 109 Å². The van der Waals surface area contributed by atoms with Crippen LogP contribution in [0.15, 0.2) is 40.3 Å². The number of thioether (sulfide) groups is 1. The molecule has 3 atom stereocenters. The lowest BCUT2D eigenvalue weighted by Gasteiger charge is -2.34. The average molecular weight is 432 g/mol. The van der Waals surface area contributed by atoms with E-state index in [2.05, 4.69) is 34.7 Å². The van der Waals surface area contributed by atoms with Crippen LogP contribution < -0.4 is 16.3 Å². The Morgan fingerprint density at radius 1 is 1.23 bits per heavy atom. The molecule has 162 valence electrons. The van der Waals surface area contributed by atoms with E-state index in [4.69, 9.17) is 0 Å². The van der Waals surface area contributed by atoms with Gasteiger partial charge in [0.15, 0.2) is 5.16 Å². The first-order chi connectivity index (χ1) is 14.4. The fourth-order valence-electron chi connectivity index (χ4n) is 3.78. The number of urea groups is 1. The minimum atomic E-state index is -0.463. The average Bonchev–Trinajstić information content (AvgIpc) is 3.08. The summed E-state index contributed by atoms with van der Waals surface area (Å²) in [7, 11) is 0. The molecular weight excluding hydrogens is 402 g/mol. The highest BCUT2D eigenvalue weighted by atomic mass is 32.2. The molecule has 2 aromatic rings. The minimum Gasteiger partial charge on any atom is -0.335 e. The summed E-state index contributed by atoms with van der Waals surface area (Å²) in [6, 6.07) is 9.47. The summed E-state index contributed by atoms with van der Waals surface area (Å²) in [6.45, 7) is 4.79. The number of H-pyrrole nitrogens is 1. The molecule has 0 aliphatic heterocycles. The zero-order valence-electron chi connectivity index (χ0n) is 17.4. The van der Waals surface area contributed by atoms with Crippen molar-refractivity contribution in [3.8, 4) is 0 Å². The van der Waals surface area contributed by atoms with Crippen LogP contribution in [0.4, 0.5) is 4.79 Å². The standard InChI is InChI=1S/C21H29N5O3S/c1-14-7-6-10-17(15(14)2)22-19(28)23-18(27)13-30-21-25-24-20(29)26(21)12-11-16-8-4-3-5-9-16/h3-5,8-9,14-15,17H,6-7,10-13H2,1-2H3,(H,24,29)(H2,22,23,27,28)/t14-,15+,17-/m1/s1. The molecule has 1 heterocycles. The van der Waals surface area contributed by atoms with Gasteiger partial charge in [-0.25, -0.2) is 14.7 Å². The second-order valence-electron chi connectivity index (χ2n) is 7.88. The smallest absolute Gasteiger partial charge is 0.335 e. The van der Waals surface area contributed by atoms with Gasteiger partial charge in [-0.3, -0.25) is 14.7 Å². The highest BCUT2D eigenvalue weighted by Gasteiger charge is 2.28. The fraction of sp³-hybridized carbons (Fsp3) is 0.524. The molecule has 0 unspecified atom stereocenters. The Balaban J connectivity index is 1.47. The van der Waals surface area contributed by atoms with Crippen LogP contribution in [0.1, 0.15) is 38.7 Å². The van der Waals surface area contributed by atoms with Crippen LogP contribution in [-0.2, 0) is 17.8 Å². The maximum absolute atomic E-state index is 12.2. The molecule has 3 N–H and O–H groups in total. The highest BCUT2D eigenvalue weighted by Crippen LogP contribution is 2.29. The SMILES string of the molecule is C[C@H]1[C@H](C)CCC[C@H]1NC(=O)NC(=O)CSc1n[nH]c(=O)n1CCc1ccccc1. The lowest BCUT2D eigenvalue weighted by atomic mass is 9.78. The van der Waals surface area contributed by atoms with Gasteiger partial charge in [-0.15, -0.1) is 5.10 Å². The quantitative estimate of drug-likeness (QED) is 0.584.